The van der Waals surface area contributed by atoms with Crippen molar-refractivity contribution >= 4 is 21.6 Å². The molecular formula is C22H23N3O3S. The zero-order valence-corrected chi connectivity index (χ0v) is 17.2. The zero-order chi connectivity index (χ0) is 20.6. The van der Waals surface area contributed by atoms with Gasteiger partial charge in [-0.1, -0.05) is 55.0 Å². The van der Waals surface area contributed by atoms with Gasteiger partial charge in [0.1, 0.15) is 5.82 Å². The lowest BCUT2D eigenvalue weighted by atomic mass is 9.95. The lowest BCUT2D eigenvalue weighted by Crippen LogP contribution is -2.23. The van der Waals surface area contributed by atoms with Gasteiger partial charge in [0.05, 0.1) is 28.8 Å². The number of aryl methyl sites for hydroxylation is 1. The van der Waals surface area contributed by atoms with Crippen LogP contribution in [-0.2, 0) is 26.1 Å². The van der Waals surface area contributed by atoms with Crippen LogP contribution in [0, 0.1) is 6.92 Å². The molecule has 0 fully saturated rings. The Hall–Kier alpha value is -2.93. The van der Waals surface area contributed by atoms with E-state index in [1.165, 1.54) is 0 Å². The van der Waals surface area contributed by atoms with E-state index in [0.717, 1.165) is 16.8 Å². The maximum atomic E-state index is 13.1. The Balaban J connectivity index is 1.74. The normalized spacial score (nSPS) is 15.7. The van der Waals surface area contributed by atoms with Crippen LogP contribution in [-0.4, -0.2) is 24.1 Å². The Morgan fingerprint density at radius 1 is 1.10 bits per heavy atom. The van der Waals surface area contributed by atoms with Crippen LogP contribution in [0.25, 0.3) is 5.69 Å². The highest BCUT2D eigenvalue weighted by Crippen LogP contribution is 2.34. The lowest BCUT2D eigenvalue weighted by molar-refractivity contribution is -0.117. The Kier molecular flexibility index (Phi) is 5.00. The van der Waals surface area contributed by atoms with Crippen LogP contribution in [0.4, 0.5) is 5.82 Å². The van der Waals surface area contributed by atoms with Crippen LogP contribution < -0.4 is 5.32 Å². The zero-order valence-electron chi connectivity index (χ0n) is 16.4. The largest absolute Gasteiger partial charge is 0.310 e. The third kappa shape index (κ3) is 3.82. The standard InChI is InChI=1S/C22H23N3O3S/c1-3-18(16-7-5-4-6-8-16)22(26)23-21-19-13-29(27,28)14-20(19)24-25(21)17-11-9-15(2)10-12-17/h4-12,18H,3,13-14H2,1-2H3,(H,23,26)/t18-/m0/s1. The van der Waals surface area contributed by atoms with Crippen molar-refractivity contribution < 1.29 is 13.2 Å². The first kappa shape index (κ1) is 19.4. The number of sulfone groups is 1. The van der Waals surface area contributed by atoms with Crippen LogP contribution in [0.2, 0.25) is 0 Å². The van der Waals surface area contributed by atoms with Gasteiger partial charge in [-0.2, -0.15) is 5.10 Å². The summed E-state index contributed by atoms with van der Waals surface area (Å²) in [4.78, 5) is 13.1. The minimum Gasteiger partial charge on any atom is -0.310 e. The average Bonchev–Trinajstić information content (AvgIpc) is 3.16. The molecule has 29 heavy (non-hydrogen) atoms. The van der Waals surface area contributed by atoms with Crippen molar-refractivity contribution in [3.63, 3.8) is 0 Å². The van der Waals surface area contributed by atoms with Crippen molar-refractivity contribution in [2.24, 2.45) is 0 Å². The smallest absolute Gasteiger partial charge is 0.233 e. The number of carbonyl (C=O) groups is 1. The van der Waals surface area contributed by atoms with Crippen LogP contribution >= 0.6 is 0 Å². The van der Waals surface area contributed by atoms with Crippen LogP contribution in [0.15, 0.2) is 54.6 Å². The molecule has 2 aromatic carbocycles. The molecule has 1 aliphatic heterocycles. The molecule has 150 valence electrons. The van der Waals surface area contributed by atoms with Crippen molar-refractivity contribution in [3.05, 3.63) is 77.0 Å². The fraction of sp³-hybridized carbons (Fsp3) is 0.273. The van der Waals surface area contributed by atoms with Gasteiger partial charge >= 0.3 is 0 Å². The second-order valence-corrected chi connectivity index (χ2v) is 9.48. The van der Waals surface area contributed by atoms with E-state index >= 15 is 0 Å². The number of carbonyl (C=O) groups excluding carboxylic acids is 1. The van der Waals surface area contributed by atoms with Gasteiger partial charge in [-0.3, -0.25) is 4.79 Å². The van der Waals surface area contributed by atoms with Gasteiger partial charge in [0, 0.05) is 5.56 Å². The maximum absolute atomic E-state index is 13.1. The van der Waals surface area contributed by atoms with Gasteiger partial charge in [-0.15, -0.1) is 0 Å². The minimum atomic E-state index is -3.23. The van der Waals surface area contributed by atoms with Crippen LogP contribution in [0.5, 0.6) is 0 Å². The SMILES string of the molecule is CC[C@H](C(=O)Nc1c2c(nn1-c1ccc(C)cc1)CS(=O)(=O)C2)c1ccccc1. The van der Waals surface area contributed by atoms with E-state index in [4.69, 9.17) is 0 Å². The molecule has 0 spiro atoms. The fourth-order valence-corrected chi connectivity index (χ4v) is 5.20. The van der Waals surface area contributed by atoms with E-state index in [-0.39, 0.29) is 23.3 Å². The molecule has 1 aliphatic rings. The second kappa shape index (κ2) is 7.48. The number of fused-ring (bicyclic) bond motifs is 1. The van der Waals surface area contributed by atoms with Crippen LogP contribution in [0.1, 0.15) is 41.6 Å². The minimum absolute atomic E-state index is 0.0973. The molecule has 1 aromatic heterocycles. The molecule has 2 heterocycles. The van der Waals surface area contributed by atoms with Crippen molar-refractivity contribution in [1.82, 2.24) is 9.78 Å². The third-order valence-electron chi connectivity index (χ3n) is 5.23. The van der Waals surface area contributed by atoms with Gasteiger partial charge in [-0.05, 0) is 31.0 Å². The molecule has 6 nitrogen and oxygen atoms in total. The molecule has 0 saturated carbocycles. The number of amides is 1. The van der Waals surface area contributed by atoms with Crippen molar-refractivity contribution in [1.29, 1.82) is 0 Å². The van der Waals surface area contributed by atoms with Gasteiger partial charge in [0.15, 0.2) is 9.84 Å². The quantitative estimate of drug-likeness (QED) is 0.696. The summed E-state index contributed by atoms with van der Waals surface area (Å²) in [5.41, 5.74) is 3.91. The van der Waals surface area contributed by atoms with Gasteiger partial charge in [-0.25, -0.2) is 13.1 Å². The number of nitrogens with zero attached hydrogens (tertiary/aromatic N) is 2. The van der Waals surface area contributed by atoms with E-state index in [2.05, 4.69) is 10.4 Å². The molecule has 0 radical (unpaired) electrons. The molecule has 7 heteroatoms. The highest BCUT2D eigenvalue weighted by atomic mass is 32.2. The van der Waals surface area contributed by atoms with Gasteiger partial charge in [0.2, 0.25) is 5.91 Å². The molecule has 0 bridgehead atoms. The summed E-state index contributed by atoms with van der Waals surface area (Å²) in [6.45, 7) is 3.96. The summed E-state index contributed by atoms with van der Waals surface area (Å²) < 4.78 is 25.9. The summed E-state index contributed by atoms with van der Waals surface area (Å²) in [6, 6.07) is 17.3. The van der Waals surface area contributed by atoms with E-state index < -0.39 is 9.84 Å². The number of hydrogen-bond acceptors (Lipinski definition) is 4. The molecule has 1 N–H and O–H groups in total. The second-order valence-electron chi connectivity index (χ2n) is 7.41. The number of nitrogens with one attached hydrogen (secondary N) is 1. The number of aromatic nitrogens is 2. The number of anilines is 1. The van der Waals surface area contributed by atoms with Gasteiger partial charge < -0.3 is 5.32 Å². The summed E-state index contributed by atoms with van der Waals surface area (Å²) in [5.74, 6) is -0.249. The molecule has 0 aliphatic carbocycles. The summed E-state index contributed by atoms with van der Waals surface area (Å²) in [6.07, 6.45) is 0.634. The molecule has 1 atom stereocenters. The topological polar surface area (TPSA) is 81.1 Å². The number of rotatable bonds is 5. The van der Waals surface area contributed by atoms with E-state index in [0.29, 0.717) is 23.5 Å². The Bertz CT molecular complexity index is 1150. The lowest BCUT2D eigenvalue weighted by Gasteiger charge is -2.17. The Labute approximate surface area is 170 Å². The molecule has 4 rings (SSSR count). The summed E-state index contributed by atoms with van der Waals surface area (Å²) in [5, 5.41) is 7.51. The molecule has 0 saturated heterocycles. The van der Waals surface area contributed by atoms with E-state index in [1.807, 2.05) is 68.4 Å². The molecule has 3 aromatic rings. The average molecular weight is 410 g/mol. The first-order chi connectivity index (χ1) is 13.9. The first-order valence-electron chi connectivity index (χ1n) is 9.62. The highest BCUT2D eigenvalue weighted by molar-refractivity contribution is 7.90. The summed E-state index contributed by atoms with van der Waals surface area (Å²) >= 11 is 0. The maximum Gasteiger partial charge on any atom is 0.233 e. The predicted molar refractivity (Wildman–Crippen MR) is 113 cm³/mol. The van der Waals surface area contributed by atoms with Gasteiger partial charge in [0.25, 0.3) is 0 Å². The fourth-order valence-electron chi connectivity index (χ4n) is 3.71. The highest BCUT2D eigenvalue weighted by Gasteiger charge is 2.34. The number of benzene rings is 2. The predicted octanol–water partition coefficient (Wildman–Crippen LogP) is 3.74. The van der Waals surface area contributed by atoms with Crippen LogP contribution in [0.3, 0.4) is 0 Å². The number of hydrogen-bond donors (Lipinski definition) is 1. The Morgan fingerprint density at radius 2 is 1.79 bits per heavy atom. The van der Waals surface area contributed by atoms with E-state index in [9.17, 15) is 13.2 Å². The summed E-state index contributed by atoms with van der Waals surface area (Å²) in [7, 11) is -3.23. The first-order valence-corrected chi connectivity index (χ1v) is 11.4. The van der Waals surface area contributed by atoms with Crippen molar-refractivity contribution in [2.75, 3.05) is 5.32 Å². The molecule has 1 amide bonds. The van der Waals surface area contributed by atoms with Crippen molar-refractivity contribution in [2.45, 2.75) is 37.7 Å². The van der Waals surface area contributed by atoms with Crippen molar-refractivity contribution in [3.8, 4) is 5.69 Å². The monoisotopic (exact) mass is 409 g/mol. The Morgan fingerprint density at radius 3 is 2.45 bits per heavy atom. The molecular weight excluding hydrogens is 386 g/mol. The van der Waals surface area contributed by atoms with E-state index in [1.54, 1.807) is 4.68 Å². The molecule has 0 unspecified atom stereocenters. The third-order valence-corrected chi connectivity index (χ3v) is 6.68.